The molecule has 162 valence electrons. The molecule has 3 rings (SSSR count). The molecule has 1 amide bonds. The number of benzene rings is 1. The van der Waals surface area contributed by atoms with Gasteiger partial charge in [0, 0.05) is 37.8 Å². The first-order chi connectivity index (χ1) is 15.0. The number of carbonyl (C=O) groups excluding carboxylic acids is 1. The van der Waals surface area contributed by atoms with Crippen LogP contribution in [0.2, 0.25) is 0 Å². The van der Waals surface area contributed by atoms with Gasteiger partial charge in [0.25, 0.3) is 5.91 Å². The van der Waals surface area contributed by atoms with Gasteiger partial charge in [-0.15, -0.1) is 0 Å². The number of methoxy groups -OCH3 is 1. The van der Waals surface area contributed by atoms with Gasteiger partial charge < -0.3 is 14.8 Å². The summed E-state index contributed by atoms with van der Waals surface area (Å²) in [6, 6.07) is 12.7. The highest BCUT2D eigenvalue weighted by molar-refractivity contribution is 7.89. The van der Waals surface area contributed by atoms with Crippen molar-refractivity contribution < 1.29 is 22.7 Å². The van der Waals surface area contributed by atoms with E-state index in [0.717, 1.165) is 5.56 Å². The van der Waals surface area contributed by atoms with Crippen LogP contribution in [0.15, 0.2) is 72.0 Å². The largest absolute Gasteiger partial charge is 0.485 e. The average Bonchev–Trinajstić information content (AvgIpc) is 2.79. The van der Waals surface area contributed by atoms with Crippen molar-refractivity contribution in [2.75, 3.05) is 25.6 Å². The molecule has 3 aromatic rings. The van der Waals surface area contributed by atoms with E-state index in [0.29, 0.717) is 5.75 Å². The van der Waals surface area contributed by atoms with Crippen molar-refractivity contribution in [3.8, 4) is 5.75 Å². The summed E-state index contributed by atoms with van der Waals surface area (Å²) >= 11 is 0. The Morgan fingerprint density at radius 1 is 1.06 bits per heavy atom. The summed E-state index contributed by atoms with van der Waals surface area (Å²) in [5.41, 5.74) is 1.08. The molecule has 0 fully saturated rings. The second-order valence-corrected chi connectivity index (χ2v) is 8.13. The zero-order valence-electron chi connectivity index (χ0n) is 16.8. The molecule has 2 N–H and O–H groups in total. The number of anilines is 1. The van der Waals surface area contributed by atoms with Crippen LogP contribution in [0.5, 0.6) is 5.75 Å². The van der Waals surface area contributed by atoms with Gasteiger partial charge in [-0.1, -0.05) is 6.07 Å². The zero-order valence-corrected chi connectivity index (χ0v) is 17.6. The monoisotopic (exact) mass is 442 g/mol. The van der Waals surface area contributed by atoms with E-state index >= 15 is 0 Å². The van der Waals surface area contributed by atoms with Crippen molar-refractivity contribution >= 4 is 21.7 Å². The van der Waals surface area contributed by atoms with Gasteiger partial charge in [0.15, 0.2) is 11.6 Å². The highest BCUT2D eigenvalue weighted by Crippen LogP contribution is 2.23. The number of hydrogen-bond acceptors (Lipinski definition) is 7. The number of aromatic nitrogens is 2. The lowest BCUT2D eigenvalue weighted by Gasteiger charge is -2.12. The number of rotatable bonds is 10. The predicted molar refractivity (Wildman–Crippen MR) is 114 cm³/mol. The number of nitrogens with zero attached hydrogens (tertiary/aromatic N) is 2. The summed E-state index contributed by atoms with van der Waals surface area (Å²) in [4.78, 5) is 20.8. The molecule has 0 bridgehead atoms. The molecule has 31 heavy (non-hydrogen) atoms. The SMILES string of the molecule is COCCNS(=O)(=O)c1cccc(C(=O)Nc2ncccc2OCc2ccncc2)c1. The molecular formula is C21H22N4O5S. The molecule has 2 aromatic heterocycles. The highest BCUT2D eigenvalue weighted by atomic mass is 32.2. The third-order valence-electron chi connectivity index (χ3n) is 4.15. The first-order valence-electron chi connectivity index (χ1n) is 9.36. The van der Waals surface area contributed by atoms with Crippen LogP contribution in [0.1, 0.15) is 15.9 Å². The summed E-state index contributed by atoms with van der Waals surface area (Å²) in [6.07, 6.45) is 4.85. The Labute approximate surface area is 180 Å². The van der Waals surface area contributed by atoms with E-state index in [1.54, 1.807) is 24.5 Å². The summed E-state index contributed by atoms with van der Waals surface area (Å²) in [5.74, 6) is 0.104. The van der Waals surface area contributed by atoms with Crippen LogP contribution in [0.25, 0.3) is 0 Å². The van der Waals surface area contributed by atoms with Crippen LogP contribution in [0.3, 0.4) is 0 Å². The number of sulfonamides is 1. The minimum absolute atomic E-state index is 0.0218. The molecule has 0 unspecified atom stereocenters. The van der Waals surface area contributed by atoms with Crippen LogP contribution >= 0.6 is 0 Å². The number of nitrogens with one attached hydrogen (secondary N) is 2. The minimum Gasteiger partial charge on any atom is -0.485 e. The maximum Gasteiger partial charge on any atom is 0.256 e. The lowest BCUT2D eigenvalue weighted by Crippen LogP contribution is -2.27. The molecule has 9 nitrogen and oxygen atoms in total. The Morgan fingerprint density at radius 3 is 2.65 bits per heavy atom. The highest BCUT2D eigenvalue weighted by Gasteiger charge is 2.17. The van der Waals surface area contributed by atoms with Crippen molar-refractivity contribution in [1.29, 1.82) is 0 Å². The van der Waals surface area contributed by atoms with E-state index in [9.17, 15) is 13.2 Å². The van der Waals surface area contributed by atoms with Crippen molar-refractivity contribution in [2.45, 2.75) is 11.5 Å². The second-order valence-electron chi connectivity index (χ2n) is 6.37. The third kappa shape index (κ3) is 6.32. The Balaban J connectivity index is 1.72. The Morgan fingerprint density at radius 2 is 1.87 bits per heavy atom. The van der Waals surface area contributed by atoms with Gasteiger partial charge in [0.1, 0.15) is 6.61 Å². The molecule has 1 aromatic carbocycles. The predicted octanol–water partition coefficient (Wildman–Crippen LogP) is 2.23. The topological polar surface area (TPSA) is 120 Å². The Bertz CT molecular complexity index is 1120. The van der Waals surface area contributed by atoms with Crippen molar-refractivity contribution in [1.82, 2.24) is 14.7 Å². The van der Waals surface area contributed by atoms with E-state index in [2.05, 4.69) is 20.0 Å². The standard InChI is InChI=1S/C21H22N4O5S/c1-29-13-12-24-31(27,28)18-5-2-4-17(14-18)21(26)25-20-19(6-3-9-23-20)30-15-16-7-10-22-11-8-16/h2-11,14,24H,12-13,15H2,1H3,(H,23,25,26). The molecule has 0 saturated carbocycles. The van der Waals surface area contributed by atoms with Crippen LogP contribution in [0, 0.1) is 0 Å². The van der Waals surface area contributed by atoms with Crippen molar-refractivity contribution in [3.63, 3.8) is 0 Å². The molecule has 0 radical (unpaired) electrons. The van der Waals surface area contributed by atoms with E-state index in [1.165, 1.54) is 37.6 Å². The second kappa shape index (κ2) is 10.6. The van der Waals surface area contributed by atoms with Gasteiger partial charge in [0.05, 0.1) is 11.5 Å². The number of hydrogen-bond donors (Lipinski definition) is 2. The van der Waals surface area contributed by atoms with Crippen LogP contribution in [-0.2, 0) is 21.4 Å². The van der Waals surface area contributed by atoms with E-state index in [4.69, 9.17) is 9.47 Å². The number of amides is 1. The van der Waals surface area contributed by atoms with Crippen molar-refractivity contribution in [3.05, 3.63) is 78.2 Å². The van der Waals surface area contributed by atoms with Crippen molar-refractivity contribution in [2.24, 2.45) is 0 Å². The zero-order chi connectivity index (χ0) is 22.1. The van der Waals surface area contributed by atoms with E-state index in [1.807, 2.05) is 12.1 Å². The number of ether oxygens (including phenoxy) is 2. The smallest absolute Gasteiger partial charge is 0.256 e. The fraction of sp³-hybridized carbons (Fsp3) is 0.190. The summed E-state index contributed by atoms with van der Waals surface area (Å²) in [5, 5.41) is 2.67. The fourth-order valence-corrected chi connectivity index (χ4v) is 3.65. The van der Waals surface area contributed by atoms with Gasteiger partial charge in [-0.3, -0.25) is 9.78 Å². The Hall–Kier alpha value is -3.34. The van der Waals surface area contributed by atoms with Gasteiger partial charge in [0.2, 0.25) is 10.0 Å². The number of pyridine rings is 2. The maximum absolute atomic E-state index is 12.7. The number of carbonyl (C=O) groups is 1. The maximum atomic E-state index is 12.7. The molecule has 0 atom stereocenters. The van der Waals surface area contributed by atoms with E-state index < -0.39 is 15.9 Å². The molecule has 2 heterocycles. The normalized spacial score (nSPS) is 11.1. The van der Waals surface area contributed by atoms with Gasteiger partial charge >= 0.3 is 0 Å². The lowest BCUT2D eigenvalue weighted by molar-refractivity contribution is 0.102. The molecule has 0 aliphatic carbocycles. The van der Waals surface area contributed by atoms with E-state index in [-0.39, 0.29) is 36.0 Å². The molecule has 10 heteroatoms. The molecule has 0 saturated heterocycles. The van der Waals surface area contributed by atoms with Gasteiger partial charge in [-0.05, 0) is 48.0 Å². The average molecular weight is 442 g/mol. The first-order valence-corrected chi connectivity index (χ1v) is 10.8. The van der Waals surface area contributed by atoms with Gasteiger partial charge in [-0.2, -0.15) is 0 Å². The van der Waals surface area contributed by atoms with Crippen LogP contribution in [0.4, 0.5) is 5.82 Å². The van der Waals surface area contributed by atoms with Gasteiger partial charge in [-0.25, -0.2) is 18.1 Å². The summed E-state index contributed by atoms with van der Waals surface area (Å²) in [6.45, 7) is 0.640. The molecule has 0 aliphatic rings. The molecular weight excluding hydrogens is 420 g/mol. The molecule has 0 spiro atoms. The Kier molecular flexibility index (Phi) is 7.65. The fourth-order valence-electron chi connectivity index (χ4n) is 2.59. The summed E-state index contributed by atoms with van der Waals surface area (Å²) in [7, 11) is -2.29. The van der Waals surface area contributed by atoms with Crippen LogP contribution < -0.4 is 14.8 Å². The quantitative estimate of drug-likeness (QED) is 0.462. The summed E-state index contributed by atoms with van der Waals surface area (Å²) < 4.78 is 37.8. The van der Waals surface area contributed by atoms with Crippen LogP contribution in [-0.4, -0.2) is 44.6 Å². The lowest BCUT2D eigenvalue weighted by atomic mass is 10.2. The molecule has 0 aliphatic heterocycles. The first kappa shape index (κ1) is 22.3. The third-order valence-corrected chi connectivity index (χ3v) is 5.61. The minimum atomic E-state index is -3.76.